The number of hydrogen-bond acceptors (Lipinski definition) is 4. The first-order valence-corrected chi connectivity index (χ1v) is 7.71. The van der Waals surface area contributed by atoms with Crippen LogP contribution in [0.1, 0.15) is 26.2 Å². The van der Waals surface area contributed by atoms with E-state index in [1.807, 2.05) is 0 Å². The molecule has 2 fully saturated rings. The Bertz CT molecular complexity index is 340. The molecule has 0 spiro atoms. The number of rotatable bonds is 4. The van der Waals surface area contributed by atoms with Crippen molar-refractivity contribution in [3.8, 4) is 0 Å². The first-order valence-electron chi connectivity index (χ1n) is 7.71. The number of nitrogens with zero attached hydrogens (tertiary/aromatic N) is 2. The van der Waals surface area contributed by atoms with Crippen molar-refractivity contribution in [3.05, 3.63) is 0 Å². The molecule has 0 radical (unpaired) electrons. The first kappa shape index (κ1) is 15.3. The number of amides is 2. The molecule has 6 nitrogen and oxygen atoms in total. The molecule has 1 atom stereocenters. The minimum absolute atomic E-state index is 0.0306. The first-order chi connectivity index (χ1) is 9.69. The summed E-state index contributed by atoms with van der Waals surface area (Å²) in [4.78, 5) is 28.4. The van der Waals surface area contributed by atoms with Crippen LogP contribution in [0, 0.1) is 0 Å². The fourth-order valence-electron chi connectivity index (χ4n) is 2.78. The molecule has 20 heavy (non-hydrogen) atoms. The maximum atomic E-state index is 12.0. The number of nitrogens with one attached hydrogen (secondary N) is 2. The molecule has 2 aliphatic rings. The second-order valence-electron chi connectivity index (χ2n) is 5.62. The molecule has 2 amide bonds. The van der Waals surface area contributed by atoms with Gasteiger partial charge in [-0.2, -0.15) is 0 Å². The number of likely N-dealkylation sites (N-methyl/N-ethyl adjacent to an activating group) is 1. The minimum Gasteiger partial charge on any atom is -0.354 e. The van der Waals surface area contributed by atoms with E-state index in [9.17, 15) is 9.59 Å². The molecule has 2 N–H and O–H groups in total. The summed E-state index contributed by atoms with van der Waals surface area (Å²) >= 11 is 0. The molecule has 0 aliphatic carbocycles. The summed E-state index contributed by atoms with van der Waals surface area (Å²) in [7, 11) is 0. The Labute approximate surface area is 120 Å². The Hall–Kier alpha value is -1.14. The maximum absolute atomic E-state index is 12.0. The zero-order valence-corrected chi connectivity index (χ0v) is 12.4. The lowest BCUT2D eigenvalue weighted by Crippen LogP contribution is -2.52. The molecule has 0 unspecified atom stereocenters. The maximum Gasteiger partial charge on any atom is 0.242 e. The van der Waals surface area contributed by atoms with Crippen LogP contribution in [-0.2, 0) is 9.59 Å². The van der Waals surface area contributed by atoms with Crippen LogP contribution < -0.4 is 10.6 Å². The molecule has 2 aliphatic heterocycles. The van der Waals surface area contributed by atoms with E-state index in [1.54, 1.807) is 0 Å². The largest absolute Gasteiger partial charge is 0.354 e. The topological polar surface area (TPSA) is 64.7 Å². The normalized spacial score (nSPS) is 25.9. The van der Waals surface area contributed by atoms with Crippen LogP contribution >= 0.6 is 0 Å². The van der Waals surface area contributed by atoms with Gasteiger partial charge in [-0.15, -0.1) is 0 Å². The molecule has 2 heterocycles. The van der Waals surface area contributed by atoms with Gasteiger partial charge in [0.25, 0.3) is 0 Å². The van der Waals surface area contributed by atoms with Gasteiger partial charge in [-0.1, -0.05) is 6.92 Å². The van der Waals surface area contributed by atoms with Gasteiger partial charge in [-0.3, -0.25) is 14.5 Å². The summed E-state index contributed by atoms with van der Waals surface area (Å²) in [6.07, 6.45) is 2.73. The van der Waals surface area contributed by atoms with Gasteiger partial charge in [0.05, 0.1) is 6.54 Å². The smallest absolute Gasteiger partial charge is 0.242 e. The van der Waals surface area contributed by atoms with E-state index in [-0.39, 0.29) is 17.9 Å². The Kier molecular flexibility index (Phi) is 5.79. The molecule has 0 bridgehead atoms. The molecular weight excluding hydrogens is 256 g/mol. The van der Waals surface area contributed by atoms with E-state index in [1.165, 1.54) is 0 Å². The number of carbonyl (C=O) groups is 2. The SMILES string of the molecule is CCN1CCN(CC(=O)N[C@H]2CCCCNC2=O)CC1. The average molecular weight is 282 g/mol. The lowest BCUT2D eigenvalue weighted by atomic mass is 10.1. The number of piperazine rings is 1. The molecule has 0 aromatic carbocycles. The van der Waals surface area contributed by atoms with Gasteiger partial charge in [0.15, 0.2) is 0 Å². The van der Waals surface area contributed by atoms with E-state index in [0.717, 1.165) is 58.5 Å². The van der Waals surface area contributed by atoms with Crippen molar-refractivity contribution in [3.63, 3.8) is 0 Å². The Morgan fingerprint density at radius 3 is 2.65 bits per heavy atom. The van der Waals surface area contributed by atoms with E-state index < -0.39 is 0 Å². The molecule has 0 aromatic heterocycles. The van der Waals surface area contributed by atoms with E-state index >= 15 is 0 Å². The van der Waals surface area contributed by atoms with Crippen molar-refractivity contribution in [1.29, 1.82) is 0 Å². The van der Waals surface area contributed by atoms with Crippen LogP contribution in [0.15, 0.2) is 0 Å². The fourth-order valence-corrected chi connectivity index (χ4v) is 2.78. The quantitative estimate of drug-likeness (QED) is 0.723. The predicted octanol–water partition coefficient (Wildman–Crippen LogP) is -0.591. The van der Waals surface area contributed by atoms with Gasteiger partial charge < -0.3 is 15.5 Å². The highest BCUT2D eigenvalue weighted by Gasteiger charge is 2.24. The standard InChI is InChI=1S/C14H26N4O2/c1-2-17-7-9-18(10-8-17)11-13(19)16-12-5-3-4-6-15-14(12)20/h12H,2-11H2,1H3,(H,15,20)(H,16,19)/t12-/m0/s1. The van der Waals surface area contributed by atoms with E-state index in [4.69, 9.17) is 0 Å². The third kappa shape index (κ3) is 4.45. The minimum atomic E-state index is -0.345. The van der Waals surface area contributed by atoms with Gasteiger partial charge >= 0.3 is 0 Å². The summed E-state index contributed by atoms with van der Waals surface area (Å²) < 4.78 is 0. The van der Waals surface area contributed by atoms with E-state index in [0.29, 0.717) is 6.54 Å². The molecule has 114 valence electrons. The summed E-state index contributed by atoms with van der Waals surface area (Å²) in [6, 6.07) is -0.345. The van der Waals surface area contributed by atoms with E-state index in [2.05, 4.69) is 27.4 Å². The van der Waals surface area contributed by atoms with Gasteiger partial charge in [0.2, 0.25) is 11.8 Å². The second kappa shape index (κ2) is 7.59. The molecule has 6 heteroatoms. The summed E-state index contributed by atoms with van der Waals surface area (Å²) in [6.45, 7) is 8.26. The number of hydrogen-bond donors (Lipinski definition) is 2. The molecule has 0 aromatic rings. The third-order valence-electron chi connectivity index (χ3n) is 4.15. The highest BCUT2D eigenvalue weighted by molar-refractivity contribution is 5.88. The van der Waals surface area contributed by atoms with Crippen LogP contribution in [0.5, 0.6) is 0 Å². The Morgan fingerprint density at radius 1 is 1.25 bits per heavy atom. The third-order valence-corrected chi connectivity index (χ3v) is 4.15. The second-order valence-corrected chi connectivity index (χ2v) is 5.62. The van der Waals surface area contributed by atoms with Crippen molar-refractivity contribution < 1.29 is 9.59 Å². The van der Waals surface area contributed by atoms with Crippen LogP contribution in [0.3, 0.4) is 0 Å². The van der Waals surface area contributed by atoms with Crippen molar-refractivity contribution in [1.82, 2.24) is 20.4 Å². The average Bonchev–Trinajstić information content (AvgIpc) is 2.65. The lowest BCUT2D eigenvalue weighted by molar-refractivity contribution is -0.129. The molecule has 2 rings (SSSR count). The summed E-state index contributed by atoms with van der Waals surface area (Å²) in [5, 5.41) is 5.72. The van der Waals surface area contributed by atoms with Crippen LogP contribution in [0.25, 0.3) is 0 Å². The zero-order valence-electron chi connectivity index (χ0n) is 12.4. The van der Waals surface area contributed by atoms with Gasteiger partial charge in [0.1, 0.15) is 6.04 Å². The van der Waals surface area contributed by atoms with Gasteiger partial charge in [-0.05, 0) is 25.8 Å². The number of carbonyl (C=O) groups excluding carboxylic acids is 2. The van der Waals surface area contributed by atoms with Crippen molar-refractivity contribution in [2.24, 2.45) is 0 Å². The van der Waals surface area contributed by atoms with Gasteiger partial charge in [0, 0.05) is 32.7 Å². The zero-order chi connectivity index (χ0) is 14.4. The molecular formula is C14H26N4O2. The van der Waals surface area contributed by atoms with Crippen molar-refractivity contribution >= 4 is 11.8 Å². The lowest BCUT2D eigenvalue weighted by Gasteiger charge is -2.33. The highest BCUT2D eigenvalue weighted by Crippen LogP contribution is 2.06. The fraction of sp³-hybridized carbons (Fsp3) is 0.857. The Morgan fingerprint density at radius 2 is 1.95 bits per heavy atom. The van der Waals surface area contributed by atoms with Crippen LogP contribution in [0.2, 0.25) is 0 Å². The summed E-state index contributed by atoms with van der Waals surface area (Å²) in [5.41, 5.74) is 0. The van der Waals surface area contributed by atoms with Crippen molar-refractivity contribution in [2.75, 3.05) is 45.8 Å². The highest BCUT2D eigenvalue weighted by atomic mass is 16.2. The van der Waals surface area contributed by atoms with Crippen LogP contribution in [0.4, 0.5) is 0 Å². The monoisotopic (exact) mass is 282 g/mol. The predicted molar refractivity (Wildman–Crippen MR) is 77.3 cm³/mol. The summed E-state index contributed by atoms with van der Waals surface area (Å²) in [5.74, 6) is -0.0661. The van der Waals surface area contributed by atoms with Crippen molar-refractivity contribution in [2.45, 2.75) is 32.2 Å². The Balaban J connectivity index is 1.73. The van der Waals surface area contributed by atoms with Gasteiger partial charge in [-0.25, -0.2) is 0 Å². The molecule has 2 saturated heterocycles. The van der Waals surface area contributed by atoms with Crippen LogP contribution in [-0.4, -0.2) is 73.5 Å². The molecule has 0 saturated carbocycles.